The van der Waals surface area contributed by atoms with Crippen molar-refractivity contribution in [1.82, 2.24) is 4.98 Å². The molecule has 3 aromatic rings. The molecule has 2 nitrogen and oxygen atoms in total. The van der Waals surface area contributed by atoms with E-state index in [9.17, 15) is 0 Å². The van der Waals surface area contributed by atoms with Crippen molar-refractivity contribution in [3.63, 3.8) is 0 Å². The molecule has 3 rings (SSSR count). The molecule has 100 valence electrons. The van der Waals surface area contributed by atoms with E-state index in [0.29, 0.717) is 0 Å². The van der Waals surface area contributed by atoms with Crippen LogP contribution < -0.4 is 0 Å². The molecule has 0 spiro atoms. The van der Waals surface area contributed by atoms with Crippen LogP contribution in [0.1, 0.15) is 9.75 Å². The number of aliphatic hydroxyl groups is 1. The minimum Gasteiger partial charge on any atom is -0.384 e. The van der Waals surface area contributed by atoms with Gasteiger partial charge in [-0.15, -0.1) is 22.7 Å². The number of thioether (sulfide) groups is 1. The van der Waals surface area contributed by atoms with Gasteiger partial charge in [0.05, 0.1) is 15.1 Å². The van der Waals surface area contributed by atoms with E-state index in [0.717, 1.165) is 20.5 Å². The third kappa shape index (κ3) is 3.22. The molecule has 0 bridgehead atoms. The third-order valence-electron chi connectivity index (χ3n) is 2.56. The summed E-state index contributed by atoms with van der Waals surface area (Å²) >= 11 is 5.16. The van der Waals surface area contributed by atoms with Gasteiger partial charge < -0.3 is 5.11 Å². The van der Waals surface area contributed by atoms with Crippen LogP contribution >= 0.6 is 34.4 Å². The maximum Gasteiger partial charge on any atom is 0.151 e. The number of thiazole rings is 1. The monoisotopic (exact) mass is 317 g/mol. The molecule has 2 aromatic heterocycles. The number of thiophene rings is 1. The van der Waals surface area contributed by atoms with Crippen molar-refractivity contribution in [3.05, 3.63) is 46.2 Å². The van der Waals surface area contributed by atoms with Gasteiger partial charge in [-0.05, 0) is 24.3 Å². The summed E-state index contributed by atoms with van der Waals surface area (Å²) < 4.78 is 2.33. The van der Waals surface area contributed by atoms with Crippen molar-refractivity contribution < 1.29 is 5.11 Å². The average molecular weight is 317 g/mol. The first-order chi connectivity index (χ1) is 9.85. The van der Waals surface area contributed by atoms with E-state index in [1.807, 2.05) is 24.3 Å². The Kier molecular flexibility index (Phi) is 4.38. The number of aromatic nitrogens is 1. The average Bonchev–Trinajstić information content (AvgIpc) is 3.09. The van der Waals surface area contributed by atoms with E-state index in [1.54, 1.807) is 34.4 Å². The van der Waals surface area contributed by atoms with Crippen molar-refractivity contribution in [3.8, 4) is 11.8 Å². The summed E-state index contributed by atoms with van der Waals surface area (Å²) in [6.07, 6.45) is 0. The van der Waals surface area contributed by atoms with Gasteiger partial charge in [0.1, 0.15) is 6.61 Å². The Labute approximate surface area is 129 Å². The van der Waals surface area contributed by atoms with E-state index in [2.05, 4.69) is 29.0 Å². The summed E-state index contributed by atoms with van der Waals surface area (Å²) in [6.45, 7) is -0.0896. The Balaban J connectivity index is 1.68. The van der Waals surface area contributed by atoms with Gasteiger partial charge in [0.2, 0.25) is 0 Å². The minimum atomic E-state index is -0.0896. The summed E-state index contributed by atoms with van der Waals surface area (Å²) in [7, 11) is 0. The zero-order valence-electron chi connectivity index (χ0n) is 10.5. The fourth-order valence-electron chi connectivity index (χ4n) is 1.69. The molecule has 2 heterocycles. The quantitative estimate of drug-likeness (QED) is 0.585. The van der Waals surface area contributed by atoms with Crippen molar-refractivity contribution >= 4 is 44.7 Å². The Morgan fingerprint density at radius 3 is 2.90 bits per heavy atom. The molecule has 0 amide bonds. The largest absolute Gasteiger partial charge is 0.384 e. The van der Waals surface area contributed by atoms with Crippen LogP contribution in [0.15, 0.2) is 40.7 Å². The highest BCUT2D eigenvalue weighted by atomic mass is 32.2. The second kappa shape index (κ2) is 6.42. The first kappa shape index (κ1) is 13.7. The lowest BCUT2D eigenvalue weighted by Gasteiger charge is -1.92. The highest BCUT2D eigenvalue weighted by molar-refractivity contribution is 8.00. The third-order valence-corrected chi connectivity index (χ3v) is 5.98. The first-order valence-electron chi connectivity index (χ1n) is 6.02. The number of hydrogen-bond acceptors (Lipinski definition) is 5. The van der Waals surface area contributed by atoms with Gasteiger partial charge in [-0.1, -0.05) is 35.7 Å². The van der Waals surface area contributed by atoms with Crippen molar-refractivity contribution in [2.45, 2.75) is 10.1 Å². The van der Waals surface area contributed by atoms with Crippen LogP contribution in [0.2, 0.25) is 0 Å². The summed E-state index contributed by atoms with van der Waals surface area (Å²) in [4.78, 5) is 6.88. The lowest BCUT2D eigenvalue weighted by atomic mass is 10.3. The molecule has 20 heavy (non-hydrogen) atoms. The summed E-state index contributed by atoms with van der Waals surface area (Å²) in [5.74, 6) is 6.51. The van der Waals surface area contributed by atoms with Gasteiger partial charge in [-0.25, -0.2) is 4.98 Å². The van der Waals surface area contributed by atoms with Gasteiger partial charge in [-0.3, -0.25) is 0 Å². The van der Waals surface area contributed by atoms with Gasteiger partial charge in [-0.2, -0.15) is 0 Å². The van der Waals surface area contributed by atoms with E-state index in [1.165, 1.54) is 9.58 Å². The van der Waals surface area contributed by atoms with Crippen LogP contribution in [-0.4, -0.2) is 16.7 Å². The van der Waals surface area contributed by atoms with Crippen LogP contribution in [-0.2, 0) is 5.75 Å². The fourth-order valence-corrected chi connectivity index (χ4v) is 4.69. The smallest absolute Gasteiger partial charge is 0.151 e. The van der Waals surface area contributed by atoms with Gasteiger partial charge in [0.15, 0.2) is 4.34 Å². The second-order valence-corrected chi connectivity index (χ2v) is 7.38. The zero-order valence-corrected chi connectivity index (χ0v) is 12.9. The van der Waals surface area contributed by atoms with Crippen LogP contribution in [0.4, 0.5) is 0 Å². The summed E-state index contributed by atoms with van der Waals surface area (Å²) in [5, 5.41) is 8.68. The van der Waals surface area contributed by atoms with Crippen LogP contribution in [0.5, 0.6) is 0 Å². The Bertz CT molecular complexity index is 746. The fraction of sp³-hybridized carbons (Fsp3) is 0.133. The molecule has 1 N–H and O–H groups in total. The molecule has 0 radical (unpaired) electrons. The Morgan fingerprint density at radius 2 is 2.05 bits per heavy atom. The van der Waals surface area contributed by atoms with E-state index >= 15 is 0 Å². The molecule has 5 heteroatoms. The standard InChI is InChI=1S/C15H11NOS3/c17-9-3-4-11-7-8-12(19-11)10-18-15-16-13-5-1-2-6-14(13)20-15/h1-2,5-8,17H,9-10H2. The second-order valence-electron chi connectivity index (χ2n) is 3.96. The lowest BCUT2D eigenvalue weighted by Crippen LogP contribution is -1.73. The summed E-state index contributed by atoms with van der Waals surface area (Å²) in [5.41, 5.74) is 1.07. The molecule has 1 aromatic carbocycles. The van der Waals surface area contributed by atoms with Crippen molar-refractivity contribution in [1.29, 1.82) is 0 Å². The number of hydrogen-bond donors (Lipinski definition) is 1. The molecule has 0 aliphatic rings. The molecule has 0 fully saturated rings. The SMILES string of the molecule is OCC#Cc1ccc(CSc2nc3ccccc3s2)s1. The Morgan fingerprint density at radius 1 is 1.15 bits per heavy atom. The molecule has 0 aliphatic heterocycles. The predicted molar refractivity (Wildman–Crippen MR) is 87.5 cm³/mol. The number of para-hydroxylation sites is 1. The van der Waals surface area contributed by atoms with Crippen molar-refractivity contribution in [2.24, 2.45) is 0 Å². The molecule has 0 aliphatic carbocycles. The van der Waals surface area contributed by atoms with Crippen molar-refractivity contribution in [2.75, 3.05) is 6.61 Å². The van der Waals surface area contributed by atoms with Crippen LogP contribution in [0.3, 0.4) is 0 Å². The number of aliphatic hydroxyl groups excluding tert-OH is 1. The molecule has 0 atom stereocenters. The zero-order chi connectivity index (χ0) is 13.8. The maximum atomic E-state index is 8.68. The predicted octanol–water partition coefficient (Wildman–Crippen LogP) is 3.99. The molecular formula is C15H11NOS3. The minimum absolute atomic E-state index is 0.0896. The van der Waals surface area contributed by atoms with E-state index in [-0.39, 0.29) is 6.61 Å². The highest BCUT2D eigenvalue weighted by Gasteiger charge is 2.05. The molecule has 0 saturated carbocycles. The number of rotatable bonds is 3. The van der Waals surface area contributed by atoms with Crippen LogP contribution in [0, 0.1) is 11.8 Å². The van der Waals surface area contributed by atoms with Gasteiger partial charge in [0.25, 0.3) is 0 Å². The van der Waals surface area contributed by atoms with Crippen LogP contribution in [0.25, 0.3) is 10.2 Å². The van der Waals surface area contributed by atoms with E-state index < -0.39 is 0 Å². The van der Waals surface area contributed by atoms with Gasteiger partial charge in [0, 0.05) is 10.6 Å². The van der Waals surface area contributed by atoms with E-state index in [4.69, 9.17) is 5.11 Å². The maximum absolute atomic E-state index is 8.68. The number of benzene rings is 1. The normalized spacial score (nSPS) is 10.4. The molecule has 0 unspecified atom stereocenters. The molecule has 0 saturated heterocycles. The van der Waals surface area contributed by atoms with Gasteiger partial charge >= 0.3 is 0 Å². The lowest BCUT2D eigenvalue weighted by molar-refractivity contribution is 0.350. The Hall–Kier alpha value is -1.32. The first-order valence-corrected chi connectivity index (χ1v) is 8.64. The number of fused-ring (bicyclic) bond motifs is 1. The summed E-state index contributed by atoms with van der Waals surface area (Å²) in [6, 6.07) is 12.3. The number of nitrogens with zero attached hydrogens (tertiary/aromatic N) is 1. The highest BCUT2D eigenvalue weighted by Crippen LogP contribution is 2.32. The molecular weight excluding hydrogens is 306 g/mol. The topological polar surface area (TPSA) is 33.1 Å².